The van der Waals surface area contributed by atoms with Gasteiger partial charge in [-0.2, -0.15) is 14.6 Å². The molecule has 1 heterocycles. The van der Waals surface area contributed by atoms with Crippen LogP contribution in [0.3, 0.4) is 0 Å². The second kappa shape index (κ2) is 4.45. The third-order valence-corrected chi connectivity index (χ3v) is 1.91. The van der Waals surface area contributed by atoms with E-state index in [0.29, 0.717) is 11.3 Å². The first-order valence-electron chi connectivity index (χ1n) is 4.65. The normalized spacial score (nSPS) is 9.65. The third kappa shape index (κ3) is 2.46. The maximum absolute atomic E-state index is 13.3. The van der Waals surface area contributed by atoms with Crippen molar-refractivity contribution >= 4 is 5.95 Å². The highest BCUT2D eigenvalue weighted by Gasteiger charge is 2.08. The topological polar surface area (TPSA) is 84.8 Å². The molecule has 2 rings (SSSR count). The SMILES string of the molecule is N#Cc1cccc(Oc2nc(N)ncc2F)c1. The number of ether oxygens (including phenoxy) is 1. The smallest absolute Gasteiger partial charge is 0.260 e. The maximum Gasteiger partial charge on any atom is 0.260 e. The summed E-state index contributed by atoms with van der Waals surface area (Å²) in [4.78, 5) is 7.08. The highest BCUT2D eigenvalue weighted by molar-refractivity contribution is 5.38. The minimum absolute atomic E-state index is 0.0853. The van der Waals surface area contributed by atoms with E-state index >= 15 is 0 Å². The van der Waals surface area contributed by atoms with E-state index in [9.17, 15) is 4.39 Å². The molecule has 0 fully saturated rings. The molecule has 1 aromatic carbocycles. The lowest BCUT2D eigenvalue weighted by Gasteiger charge is -2.05. The summed E-state index contributed by atoms with van der Waals surface area (Å²) >= 11 is 0. The van der Waals surface area contributed by atoms with Crippen LogP contribution >= 0.6 is 0 Å². The van der Waals surface area contributed by atoms with E-state index in [0.717, 1.165) is 6.20 Å². The van der Waals surface area contributed by atoms with Gasteiger partial charge in [-0.25, -0.2) is 4.98 Å². The number of anilines is 1. The van der Waals surface area contributed by atoms with Crippen LogP contribution in [0.5, 0.6) is 11.6 Å². The van der Waals surface area contributed by atoms with Gasteiger partial charge in [0.25, 0.3) is 5.88 Å². The molecule has 2 N–H and O–H groups in total. The zero-order chi connectivity index (χ0) is 12.3. The van der Waals surface area contributed by atoms with Crippen LogP contribution in [-0.4, -0.2) is 9.97 Å². The summed E-state index contributed by atoms with van der Waals surface area (Å²) in [7, 11) is 0. The number of nitriles is 1. The molecule has 6 heteroatoms. The molecule has 17 heavy (non-hydrogen) atoms. The van der Waals surface area contributed by atoms with Crippen molar-refractivity contribution in [1.82, 2.24) is 9.97 Å². The van der Waals surface area contributed by atoms with Crippen molar-refractivity contribution in [3.05, 3.63) is 41.8 Å². The fraction of sp³-hybridized carbons (Fsp3) is 0. The molecule has 0 spiro atoms. The van der Waals surface area contributed by atoms with Gasteiger partial charge in [0.05, 0.1) is 17.8 Å². The van der Waals surface area contributed by atoms with E-state index in [1.807, 2.05) is 6.07 Å². The van der Waals surface area contributed by atoms with Crippen LogP contribution in [-0.2, 0) is 0 Å². The van der Waals surface area contributed by atoms with Gasteiger partial charge in [-0.3, -0.25) is 0 Å². The molecule has 0 saturated heterocycles. The molecular weight excluding hydrogens is 223 g/mol. The van der Waals surface area contributed by atoms with Gasteiger partial charge in [0.2, 0.25) is 11.8 Å². The second-order valence-corrected chi connectivity index (χ2v) is 3.12. The Balaban J connectivity index is 2.31. The lowest BCUT2D eigenvalue weighted by atomic mass is 10.2. The fourth-order valence-electron chi connectivity index (χ4n) is 1.18. The lowest BCUT2D eigenvalue weighted by Crippen LogP contribution is -1.99. The average Bonchev–Trinajstić information content (AvgIpc) is 2.34. The van der Waals surface area contributed by atoms with Gasteiger partial charge in [0, 0.05) is 0 Å². The quantitative estimate of drug-likeness (QED) is 0.851. The Kier molecular flexibility index (Phi) is 2.83. The first-order chi connectivity index (χ1) is 8.19. The van der Waals surface area contributed by atoms with Crippen molar-refractivity contribution in [3.8, 4) is 17.7 Å². The highest BCUT2D eigenvalue weighted by atomic mass is 19.1. The third-order valence-electron chi connectivity index (χ3n) is 1.91. The largest absolute Gasteiger partial charge is 0.436 e. The van der Waals surface area contributed by atoms with E-state index in [4.69, 9.17) is 15.7 Å². The van der Waals surface area contributed by atoms with Crippen LogP contribution in [0.1, 0.15) is 5.56 Å². The molecule has 2 aromatic rings. The molecule has 5 nitrogen and oxygen atoms in total. The number of benzene rings is 1. The predicted molar refractivity (Wildman–Crippen MR) is 57.6 cm³/mol. The molecule has 84 valence electrons. The zero-order valence-corrected chi connectivity index (χ0v) is 8.59. The van der Waals surface area contributed by atoms with E-state index in [-0.39, 0.29) is 11.8 Å². The van der Waals surface area contributed by atoms with Crippen LogP contribution in [0.25, 0.3) is 0 Å². The summed E-state index contributed by atoms with van der Waals surface area (Å²) in [5.41, 5.74) is 5.72. The van der Waals surface area contributed by atoms with Crippen molar-refractivity contribution < 1.29 is 9.13 Å². The van der Waals surface area contributed by atoms with E-state index in [1.165, 1.54) is 6.07 Å². The first-order valence-corrected chi connectivity index (χ1v) is 4.65. The summed E-state index contributed by atoms with van der Waals surface area (Å²) in [6.07, 6.45) is 0.922. The summed E-state index contributed by atoms with van der Waals surface area (Å²) in [5.74, 6) is -0.770. The molecule has 0 amide bonds. The number of nitrogen functional groups attached to an aromatic ring is 1. The average molecular weight is 230 g/mol. The Bertz CT molecular complexity index is 594. The Morgan fingerprint density at radius 2 is 2.24 bits per heavy atom. The zero-order valence-electron chi connectivity index (χ0n) is 8.59. The van der Waals surface area contributed by atoms with Crippen molar-refractivity contribution in [2.75, 3.05) is 5.73 Å². The summed E-state index contributed by atoms with van der Waals surface area (Å²) in [6, 6.07) is 8.23. The van der Waals surface area contributed by atoms with Crippen molar-refractivity contribution in [2.45, 2.75) is 0 Å². The Labute approximate surface area is 96.3 Å². The standard InChI is InChI=1S/C11H7FN4O/c12-9-6-15-11(14)16-10(9)17-8-3-1-2-7(4-8)5-13/h1-4,6H,(H2,14,15,16). The molecule has 0 aliphatic carbocycles. The summed E-state index contributed by atoms with van der Waals surface area (Å²) < 4.78 is 18.4. The van der Waals surface area contributed by atoms with Crippen molar-refractivity contribution in [3.63, 3.8) is 0 Å². The molecule has 0 radical (unpaired) electrons. The van der Waals surface area contributed by atoms with Crippen LogP contribution in [0.15, 0.2) is 30.5 Å². The van der Waals surface area contributed by atoms with Gasteiger partial charge in [0.1, 0.15) is 5.75 Å². The van der Waals surface area contributed by atoms with Gasteiger partial charge in [0.15, 0.2) is 0 Å². The van der Waals surface area contributed by atoms with Gasteiger partial charge in [-0.15, -0.1) is 0 Å². The Morgan fingerprint density at radius 3 is 3.00 bits per heavy atom. The number of nitrogens with two attached hydrogens (primary N) is 1. The number of nitrogens with zero attached hydrogens (tertiary/aromatic N) is 3. The van der Waals surface area contributed by atoms with E-state index in [1.54, 1.807) is 18.2 Å². The molecule has 0 saturated carbocycles. The van der Waals surface area contributed by atoms with Crippen LogP contribution in [0.2, 0.25) is 0 Å². The molecular formula is C11H7FN4O. The molecule has 0 unspecified atom stereocenters. The molecule has 0 atom stereocenters. The van der Waals surface area contributed by atoms with E-state index in [2.05, 4.69) is 9.97 Å². The maximum atomic E-state index is 13.3. The van der Waals surface area contributed by atoms with Gasteiger partial charge in [-0.1, -0.05) is 6.07 Å². The van der Waals surface area contributed by atoms with E-state index < -0.39 is 5.82 Å². The van der Waals surface area contributed by atoms with Crippen LogP contribution < -0.4 is 10.5 Å². The number of aromatic nitrogens is 2. The van der Waals surface area contributed by atoms with Gasteiger partial charge < -0.3 is 10.5 Å². The number of halogens is 1. The predicted octanol–water partition coefficient (Wildman–Crippen LogP) is 1.86. The summed E-state index contributed by atoms with van der Waals surface area (Å²) in [6.45, 7) is 0. The number of hydrogen-bond acceptors (Lipinski definition) is 5. The number of hydrogen-bond donors (Lipinski definition) is 1. The highest BCUT2D eigenvalue weighted by Crippen LogP contribution is 2.22. The molecule has 0 aliphatic heterocycles. The Morgan fingerprint density at radius 1 is 1.41 bits per heavy atom. The fourth-order valence-corrected chi connectivity index (χ4v) is 1.18. The minimum atomic E-state index is -0.721. The Hall–Kier alpha value is -2.68. The second-order valence-electron chi connectivity index (χ2n) is 3.12. The molecule has 0 aliphatic rings. The van der Waals surface area contributed by atoms with Crippen LogP contribution in [0, 0.1) is 17.1 Å². The minimum Gasteiger partial charge on any atom is -0.436 e. The van der Waals surface area contributed by atoms with Crippen molar-refractivity contribution in [2.24, 2.45) is 0 Å². The first kappa shape index (κ1) is 10.8. The van der Waals surface area contributed by atoms with Gasteiger partial charge >= 0.3 is 0 Å². The molecule has 1 aromatic heterocycles. The molecule has 0 bridgehead atoms. The monoisotopic (exact) mass is 230 g/mol. The summed E-state index contributed by atoms with van der Waals surface area (Å²) in [5, 5.41) is 8.70. The van der Waals surface area contributed by atoms with Crippen molar-refractivity contribution in [1.29, 1.82) is 5.26 Å². The number of rotatable bonds is 2. The van der Waals surface area contributed by atoms with Crippen LogP contribution in [0.4, 0.5) is 10.3 Å². The van der Waals surface area contributed by atoms with Gasteiger partial charge in [-0.05, 0) is 18.2 Å². The lowest BCUT2D eigenvalue weighted by molar-refractivity contribution is 0.421.